The normalized spacial score (nSPS) is 12.8. The van der Waals surface area contributed by atoms with Gasteiger partial charge in [0.25, 0.3) is 0 Å². The van der Waals surface area contributed by atoms with E-state index in [1.165, 1.54) is 11.3 Å². The van der Waals surface area contributed by atoms with Gasteiger partial charge in [0.15, 0.2) is 0 Å². The first-order chi connectivity index (χ1) is 9.51. The summed E-state index contributed by atoms with van der Waals surface area (Å²) in [7, 11) is 0. The first kappa shape index (κ1) is 17.5. The van der Waals surface area contributed by atoms with Crippen molar-refractivity contribution >= 4 is 21.6 Å². The predicted molar refractivity (Wildman–Crippen MR) is 90.4 cm³/mol. The van der Waals surface area contributed by atoms with E-state index in [2.05, 4.69) is 72.0 Å². The number of aliphatic hydroxyl groups is 1. The van der Waals surface area contributed by atoms with Gasteiger partial charge in [-0.15, -0.1) is 0 Å². The second-order valence-corrected chi connectivity index (χ2v) is 6.26. The SMILES string of the molecule is CCNC(C)c1ccc(Br)cc1N(CCCO)C(C)C. The highest BCUT2D eigenvalue weighted by molar-refractivity contribution is 9.10. The summed E-state index contributed by atoms with van der Waals surface area (Å²) in [6, 6.07) is 7.18. The molecule has 0 bridgehead atoms. The van der Waals surface area contributed by atoms with E-state index < -0.39 is 0 Å². The predicted octanol–water partition coefficient (Wildman–Crippen LogP) is 3.72. The highest BCUT2D eigenvalue weighted by atomic mass is 79.9. The molecule has 0 heterocycles. The number of nitrogens with one attached hydrogen (secondary N) is 1. The van der Waals surface area contributed by atoms with E-state index >= 15 is 0 Å². The van der Waals surface area contributed by atoms with Crippen molar-refractivity contribution < 1.29 is 5.11 Å². The molecule has 4 heteroatoms. The summed E-state index contributed by atoms with van der Waals surface area (Å²) < 4.78 is 1.09. The zero-order valence-electron chi connectivity index (χ0n) is 13.0. The molecule has 0 saturated carbocycles. The zero-order chi connectivity index (χ0) is 15.1. The Kier molecular flexibility index (Phi) is 7.56. The third-order valence-corrected chi connectivity index (χ3v) is 3.95. The van der Waals surface area contributed by atoms with Crippen molar-refractivity contribution in [3.05, 3.63) is 28.2 Å². The zero-order valence-corrected chi connectivity index (χ0v) is 14.6. The lowest BCUT2D eigenvalue weighted by Gasteiger charge is -2.32. The molecule has 0 fully saturated rings. The number of benzene rings is 1. The van der Waals surface area contributed by atoms with Crippen LogP contribution in [-0.2, 0) is 0 Å². The van der Waals surface area contributed by atoms with Crippen molar-refractivity contribution in [3.8, 4) is 0 Å². The Morgan fingerprint density at radius 1 is 1.30 bits per heavy atom. The summed E-state index contributed by atoms with van der Waals surface area (Å²) in [5.74, 6) is 0. The molecule has 3 nitrogen and oxygen atoms in total. The third-order valence-electron chi connectivity index (χ3n) is 3.46. The van der Waals surface area contributed by atoms with Crippen LogP contribution in [0.15, 0.2) is 22.7 Å². The highest BCUT2D eigenvalue weighted by Gasteiger charge is 2.17. The van der Waals surface area contributed by atoms with Crippen LogP contribution in [0, 0.1) is 0 Å². The number of rotatable bonds is 8. The average Bonchev–Trinajstić information content (AvgIpc) is 2.39. The fourth-order valence-electron chi connectivity index (χ4n) is 2.45. The van der Waals surface area contributed by atoms with Gasteiger partial charge in [-0.1, -0.05) is 28.9 Å². The molecule has 1 atom stereocenters. The van der Waals surface area contributed by atoms with Crippen LogP contribution in [0.2, 0.25) is 0 Å². The third kappa shape index (κ3) is 4.76. The Morgan fingerprint density at radius 3 is 2.55 bits per heavy atom. The van der Waals surface area contributed by atoms with E-state index in [9.17, 15) is 0 Å². The van der Waals surface area contributed by atoms with E-state index in [0.29, 0.717) is 12.1 Å². The summed E-state index contributed by atoms with van der Waals surface area (Å²) in [6.45, 7) is 10.8. The summed E-state index contributed by atoms with van der Waals surface area (Å²) in [5.41, 5.74) is 2.55. The second-order valence-electron chi connectivity index (χ2n) is 5.35. The monoisotopic (exact) mass is 342 g/mol. The van der Waals surface area contributed by atoms with Crippen LogP contribution in [0.25, 0.3) is 0 Å². The quantitative estimate of drug-likeness (QED) is 0.755. The van der Waals surface area contributed by atoms with Crippen molar-refractivity contribution in [1.82, 2.24) is 5.32 Å². The van der Waals surface area contributed by atoms with Crippen LogP contribution in [0.5, 0.6) is 0 Å². The number of hydrogen-bond donors (Lipinski definition) is 2. The minimum Gasteiger partial charge on any atom is -0.396 e. The molecule has 1 unspecified atom stereocenters. The molecule has 0 aliphatic heterocycles. The molecule has 1 aromatic rings. The smallest absolute Gasteiger partial charge is 0.0447 e. The molecule has 20 heavy (non-hydrogen) atoms. The molecule has 0 aliphatic rings. The van der Waals surface area contributed by atoms with Crippen molar-refractivity contribution in [2.75, 3.05) is 24.6 Å². The topological polar surface area (TPSA) is 35.5 Å². The van der Waals surface area contributed by atoms with E-state index in [0.717, 1.165) is 24.0 Å². The fraction of sp³-hybridized carbons (Fsp3) is 0.625. The second kappa shape index (κ2) is 8.65. The number of nitrogens with zero attached hydrogens (tertiary/aromatic N) is 1. The van der Waals surface area contributed by atoms with Gasteiger partial charge in [0.1, 0.15) is 0 Å². The fourth-order valence-corrected chi connectivity index (χ4v) is 2.79. The van der Waals surface area contributed by atoms with Crippen LogP contribution >= 0.6 is 15.9 Å². The molecule has 0 radical (unpaired) electrons. The summed E-state index contributed by atoms with van der Waals surface area (Å²) in [6.07, 6.45) is 0.791. The van der Waals surface area contributed by atoms with Gasteiger partial charge in [-0.2, -0.15) is 0 Å². The maximum Gasteiger partial charge on any atom is 0.0447 e. The maximum absolute atomic E-state index is 9.11. The average molecular weight is 343 g/mol. The van der Waals surface area contributed by atoms with Gasteiger partial charge in [0.05, 0.1) is 0 Å². The Balaban J connectivity index is 3.13. The molecule has 0 spiro atoms. The van der Waals surface area contributed by atoms with Crippen molar-refractivity contribution in [2.45, 2.75) is 46.2 Å². The Morgan fingerprint density at radius 2 is 2.00 bits per heavy atom. The standard InChI is InChI=1S/C16H27BrN2O/c1-5-18-13(4)15-8-7-14(17)11-16(15)19(12(2)3)9-6-10-20/h7-8,11-13,18,20H,5-6,9-10H2,1-4H3. The molecular weight excluding hydrogens is 316 g/mol. The molecular formula is C16H27BrN2O. The Hall–Kier alpha value is -0.580. The number of halogens is 1. The number of aliphatic hydroxyl groups excluding tert-OH is 1. The largest absolute Gasteiger partial charge is 0.396 e. The molecule has 1 rings (SSSR count). The minimum atomic E-state index is 0.231. The Bertz CT molecular complexity index is 409. The first-order valence-electron chi connectivity index (χ1n) is 7.41. The minimum absolute atomic E-state index is 0.231. The van der Waals surface area contributed by atoms with Crippen molar-refractivity contribution in [1.29, 1.82) is 0 Å². The van der Waals surface area contributed by atoms with Crippen molar-refractivity contribution in [3.63, 3.8) is 0 Å². The van der Waals surface area contributed by atoms with Gasteiger partial charge in [-0.05, 0) is 51.4 Å². The van der Waals surface area contributed by atoms with Crippen LogP contribution in [0.1, 0.15) is 45.7 Å². The van der Waals surface area contributed by atoms with Crippen molar-refractivity contribution in [2.24, 2.45) is 0 Å². The molecule has 0 aromatic heterocycles. The summed E-state index contributed by atoms with van der Waals surface area (Å²) in [4.78, 5) is 2.37. The van der Waals surface area contributed by atoms with Gasteiger partial charge < -0.3 is 15.3 Å². The van der Waals surface area contributed by atoms with Gasteiger partial charge in [-0.3, -0.25) is 0 Å². The highest BCUT2D eigenvalue weighted by Crippen LogP contribution is 2.31. The van der Waals surface area contributed by atoms with E-state index in [1.54, 1.807) is 0 Å². The lowest BCUT2D eigenvalue weighted by molar-refractivity contribution is 0.288. The van der Waals surface area contributed by atoms with E-state index in [1.807, 2.05) is 0 Å². The molecule has 2 N–H and O–H groups in total. The van der Waals surface area contributed by atoms with Gasteiger partial charge in [0.2, 0.25) is 0 Å². The molecule has 1 aromatic carbocycles. The maximum atomic E-state index is 9.11. The van der Waals surface area contributed by atoms with Gasteiger partial charge in [0, 0.05) is 35.4 Å². The van der Waals surface area contributed by atoms with Gasteiger partial charge >= 0.3 is 0 Å². The summed E-state index contributed by atoms with van der Waals surface area (Å²) in [5, 5.41) is 12.6. The number of hydrogen-bond acceptors (Lipinski definition) is 3. The van der Waals surface area contributed by atoms with Crippen LogP contribution < -0.4 is 10.2 Å². The number of anilines is 1. The van der Waals surface area contributed by atoms with Crippen LogP contribution in [0.3, 0.4) is 0 Å². The summed E-state index contributed by atoms with van der Waals surface area (Å²) >= 11 is 3.57. The molecule has 114 valence electrons. The van der Waals surface area contributed by atoms with Crippen LogP contribution in [0.4, 0.5) is 5.69 Å². The molecule has 0 aliphatic carbocycles. The first-order valence-corrected chi connectivity index (χ1v) is 8.20. The Labute approximate surface area is 131 Å². The van der Waals surface area contributed by atoms with E-state index in [4.69, 9.17) is 5.11 Å². The van der Waals surface area contributed by atoms with Crippen LogP contribution in [-0.4, -0.2) is 30.8 Å². The van der Waals surface area contributed by atoms with E-state index in [-0.39, 0.29) is 6.61 Å². The lowest BCUT2D eigenvalue weighted by Crippen LogP contribution is -2.34. The molecule has 0 amide bonds. The van der Waals surface area contributed by atoms with Gasteiger partial charge in [-0.25, -0.2) is 0 Å². The molecule has 0 saturated heterocycles. The lowest BCUT2D eigenvalue weighted by atomic mass is 10.0.